The summed E-state index contributed by atoms with van der Waals surface area (Å²) in [6.45, 7) is 3.95. The predicted octanol–water partition coefficient (Wildman–Crippen LogP) is 2.68. The minimum Gasteiger partial charge on any atom is -0.394 e. The Kier molecular flexibility index (Phi) is 6.85. The first kappa shape index (κ1) is 20.8. The van der Waals surface area contributed by atoms with Gasteiger partial charge in [0, 0.05) is 18.3 Å². The molecule has 3 rings (SSSR count). The number of carbonyl (C=O) groups is 2. The van der Waals surface area contributed by atoms with E-state index >= 15 is 0 Å². The van der Waals surface area contributed by atoms with Crippen molar-refractivity contribution in [2.45, 2.75) is 38.6 Å². The molecule has 7 heteroatoms. The van der Waals surface area contributed by atoms with Crippen LogP contribution in [0, 0.1) is 0 Å². The van der Waals surface area contributed by atoms with Crippen LogP contribution in [0.3, 0.4) is 0 Å². The van der Waals surface area contributed by atoms with Crippen LogP contribution in [0.2, 0.25) is 0 Å². The van der Waals surface area contributed by atoms with Gasteiger partial charge in [0.25, 0.3) is 0 Å². The fourth-order valence-corrected chi connectivity index (χ4v) is 3.39. The number of benzene rings is 2. The van der Waals surface area contributed by atoms with E-state index < -0.39 is 12.1 Å². The fraction of sp³-hybridized carbons (Fsp3) is 0.364. The number of amides is 3. The highest BCUT2D eigenvalue weighted by atomic mass is 16.5. The van der Waals surface area contributed by atoms with Crippen molar-refractivity contribution < 1.29 is 19.4 Å². The van der Waals surface area contributed by atoms with Crippen molar-refractivity contribution in [2.75, 3.05) is 18.5 Å². The number of hydrogen-bond donors (Lipinski definition) is 3. The van der Waals surface area contributed by atoms with Crippen molar-refractivity contribution in [1.82, 2.24) is 10.2 Å². The second kappa shape index (κ2) is 9.54. The molecule has 29 heavy (non-hydrogen) atoms. The van der Waals surface area contributed by atoms with Gasteiger partial charge in [-0.3, -0.25) is 4.79 Å². The first-order valence-electron chi connectivity index (χ1n) is 9.71. The van der Waals surface area contributed by atoms with E-state index in [1.165, 1.54) is 0 Å². The molecule has 154 valence electrons. The van der Waals surface area contributed by atoms with Crippen LogP contribution in [0.5, 0.6) is 0 Å². The third-order valence-electron chi connectivity index (χ3n) is 4.76. The van der Waals surface area contributed by atoms with Crippen molar-refractivity contribution in [1.29, 1.82) is 0 Å². The summed E-state index contributed by atoms with van der Waals surface area (Å²) in [6, 6.07) is 16.2. The molecule has 1 heterocycles. The van der Waals surface area contributed by atoms with E-state index in [1.807, 2.05) is 56.3 Å². The summed E-state index contributed by atoms with van der Waals surface area (Å²) < 4.78 is 5.77. The van der Waals surface area contributed by atoms with Crippen LogP contribution in [0.15, 0.2) is 54.6 Å². The van der Waals surface area contributed by atoms with Crippen LogP contribution in [0.25, 0.3) is 0 Å². The fourth-order valence-electron chi connectivity index (χ4n) is 3.39. The Morgan fingerprint density at radius 3 is 2.48 bits per heavy atom. The molecule has 0 aliphatic carbocycles. The zero-order valence-corrected chi connectivity index (χ0v) is 16.7. The van der Waals surface area contributed by atoms with Gasteiger partial charge in [0.1, 0.15) is 12.7 Å². The molecular weight excluding hydrogens is 370 g/mol. The highest BCUT2D eigenvalue weighted by molar-refractivity contribution is 5.89. The van der Waals surface area contributed by atoms with E-state index in [0.717, 1.165) is 11.1 Å². The number of rotatable bonds is 6. The van der Waals surface area contributed by atoms with Crippen LogP contribution in [0.1, 0.15) is 31.1 Å². The van der Waals surface area contributed by atoms with Gasteiger partial charge in [-0.2, -0.15) is 0 Å². The van der Waals surface area contributed by atoms with Gasteiger partial charge in [0.05, 0.1) is 12.6 Å². The Balaban J connectivity index is 1.73. The zero-order valence-electron chi connectivity index (χ0n) is 16.7. The van der Waals surface area contributed by atoms with Crippen molar-refractivity contribution in [3.05, 3.63) is 65.7 Å². The SMILES string of the molecule is CC(C)NC(=O)Nc1ccc([C@H]2OCC(=O)N(Cc3ccccc3)[C@@H]2CO)cc1. The summed E-state index contributed by atoms with van der Waals surface area (Å²) in [4.78, 5) is 26.0. The molecule has 0 unspecified atom stereocenters. The molecule has 2 aromatic carbocycles. The number of ether oxygens (including phenoxy) is 1. The van der Waals surface area contributed by atoms with E-state index in [1.54, 1.807) is 17.0 Å². The maximum absolute atomic E-state index is 12.4. The minimum atomic E-state index is -0.487. The molecule has 3 N–H and O–H groups in total. The number of nitrogens with one attached hydrogen (secondary N) is 2. The molecule has 0 aromatic heterocycles. The van der Waals surface area contributed by atoms with Gasteiger partial charge < -0.3 is 25.4 Å². The highest BCUT2D eigenvalue weighted by Crippen LogP contribution is 2.30. The standard InChI is InChI=1S/C22H27N3O4/c1-15(2)23-22(28)24-18-10-8-17(9-11-18)21-19(13-26)25(20(27)14-29-21)12-16-6-4-3-5-7-16/h3-11,15,19,21,26H,12-14H2,1-2H3,(H2,23,24,28)/t19-,21-/m1/s1. The molecule has 1 fully saturated rings. The quantitative estimate of drug-likeness (QED) is 0.699. The number of nitrogens with zero attached hydrogens (tertiary/aromatic N) is 1. The number of anilines is 1. The number of carbonyl (C=O) groups excluding carboxylic acids is 2. The lowest BCUT2D eigenvalue weighted by Crippen LogP contribution is -2.52. The van der Waals surface area contributed by atoms with E-state index in [4.69, 9.17) is 4.74 Å². The number of aliphatic hydroxyl groups is 1. The van der Waals surface area contributed by atoms with E-state index in [0.29, 0.717) is 12.2 Å². The molecular formula is C22H27N3O4. The van der Waals surface area contributed by atoms with Crippen molar-refractivity contribution in [2.24, 2.45) is 0 Å². The number of urea groups is 1. The summed E-state index contributed by atoms with van der Waals surface area (Å²) in [5.41, 5.74) is 2.49. The van der Waals surface area contributed by atoms with Crippen LogP contribution in [-0.2, 0) is 16.1 Å². The monoisotopic (exact) mass is 397 g/mol. The molecule has 1 aliphatic heterocycles. The molecule has 7 nitrogen and oxygen atoms in total. The van der Waals surface area contributed by atoms with Crippen molar-refractivity contribution in [3.8, 4) is 0 Å². The molecule has 3 amide bonds. The first-order valence-corrected chi connectivity index (χ1v) is 9.71. The van der Waals surface area contributed by atoms with Gasteiger partial charge in [-0.1, -0.05) is 42.5 Å². The Labute approximate surface area is 170 Å². The van der Waals surface area contributed by atoms with Crippen molar-refractivity contribution >= 4 is 17.6 Å². The molecule has 0 radical (unpaired) electrons. The van der Waals surface area contributed by atoms with Crippen LogP contribution >= 0.6 is 0 Å². The summed E-state index contributed by atoms with van der Waals surface area (Å²) in [6.07, 6.45) is -0.444. The highest BCUT2D eigenvalue weighted by Gasteiger charge is 2.37. The maximum Gasteiger partial charge on any atom is 0.319 e. The molecule has 2 aromatic rings. The van der Waals surface area contributed by atoms with E-state index in [-0.39, 0.29) is 31.2 Å². The summed E-state index contributed by atoms with van der Waals surface area (Å²) in [5.74, 6) is -0.146. The maximum atomic E-state index is 12.4. The summed E-state index contributed by atoms with van der Waals surface area (Å²) in [5, 5.41) is 15.5. The Morgan fingerprint density at radius 1 is 1.17 bits per heavy atom. The van der Waals surface area contributed by atoms with Gasteiger partial charge in [-0.05, 0) is 37.1 Å². The zero-order chi connectivity index (χ0) is 20.8. The average molecular weight is 397 g/mol. The minimum absolute atomic E-state index is 0.0369. The molecule has 0 bridgehead atoms. The summed E-state index contributed by atoms with van der Waals surface area (Å²) in [7, 11) is 0. The predicted molar refractivity (Wildman–Crippen MR) is 110 cm³/mol. The average Bonchev–Trinajstić information content (AvgIpc) is 2.70. The Morgan fingerprint density at radius 2 is 1.86 bits per heavy atom. The molecule has 1 aliphatic rings. The van der Waals surface area contributed by atoms with Gasteiger partial charge in [0.15, 0.2) is 0 Å². The molecule has 0 spiro atoms. The van der Waals surface area contributed by atoms with E-state index in [9.17, 15) is 14.7 Å². The van der Waals surface area contributed by atoms with Crippen LogP contribution < -0.4 is 10.6 Å². The molecule has 1 saturated heterocycles. The van der Waals surface area contributed by atoms with Crippen molar-refractivity contribution in [3.63, 3.8) is 0 Å². The topological polar surface area (TPSA) is 90.9 Å². The van der Waals surface area contributed by atoms with Gasteiger partial charge in [0.2, 0.25) is 5.91 Å². The lowest BCUT2D eigenvalue weighted by Gasteiger charge is -2.40. The van der Waals surface area contributed by atoms with Crippen LogP contribution in [-0.4, -0.2) is 47.2 Å². The number of morpholine rings is 1. The lowest BCUT2D eigenvalue weighted by atomic mass is 9.98. The first-order chi connectivity index (χ1) is 14.0. The number of aliphatic hydroxyl groups excluding tert-OH is 1. The third kappa shape index (κ3) is 5.34. The third-order valence-corrected chi connectivity index (χ3v) is 4.76. The number of hydrogen-bond acceptors (Lipinski definition) is 4. The van der Waals surface area contributed by atoms with Gasteiger partial charge in [-0.25, -0.2) is 4.79 Å². The second-order valence-corrected chi connectivity index (χ2v) is 7.36. The molecule has 2 atom stereocenters. The Bertz CT molecular complexity index is 824. The summed E-state index contributed by atoms with van der Waals surface area (Å²) >= 11 is 0. The van der Waals surface area contributed by atoms with Crippen LogP contribution in [0.4, 0.5) is 10.5 Å². The normalized spacial score (nSPS) is 19.3. The van der Waals surface area contributed by atoms with Gasteiger partial charge in [-0.15, -0.1) is 0 Å². The smallest absolute Gasteiger partial charge is 0.319 e. The Hall–Kier alpha value is -2.90. The lowest BCUT2D eigenvalue weighted by molar-refractivity contribution is -0.162. The van der Waals surface area contributed by atoms with Gasteiger partial charge >= 0.3 is 6.03 Å². The molecule has 0 saturated carbocycles. The largest absolute Gasteiger partial charge is 0.394 e. The second-order valence-electron chi connectivity index (χ2n) is 7.36. The van der Waals surface area contributed by atoms with E-state index in [2.05, 4.69) is 10.6 Å².